The molecule has 2 N–H and O–H groups in total. The molecule has 0 aromatic carbocycles. The maximum Gasteiger partial charge on any atom is 0.305 e. The Labute approximate surface area is 192 Å². The summed E-state index contributed by atoms with van der Waals surface area (Å²) in [6, 6.07) is 0. The van der Waals surface area contributed by atoms with E-state index in [0.717, 1.165) is 32.5 Å². The van der Waals surface area contributed by atoms with E-state index in [1.54, 1.807) is 0 Å². The van der Waals surface area contributed by atoms with E-state index >= 15 is 0 Å². The first-order valence-corrected chi connectivity index (χ1v) is 11.8. The van der Waals surface area contributed by atoms with Crippen molar-refractivity contribution in [2.24, 2.45) is 0 Å². The standard InChI is InChI=1S/C22H43NO9/c1-2-12-27-15-18-30-21(26)4-3-7-23-8-5-22(6-9-23,31-19-16-28-13-10-24)32-20-17-29-14-11-25/h24-25H,2-20H2,1H3. The van der Waals surface area contributed by atoms with Gasteiger partial charge < -0.3 is 43.5 Å². The fourth-order valence-corrected chi connectivity index (χ4v) is 3.33. The summed E-state index contributed by atoms with van der Waals surface area (Å²) in [6.07, 6.45) is 3.49. The van der Waals surface area contributed by atoms with E-state index in [2.05, 4.69) is 4.90 Å². The van der Waals surface area contributed by atoms with Gasteiger partial charge in [0, 0.05) is 39.0 Å². The largest absolute Gasteiger partial charge is 0.463 e. The zero-order valence-electron chi connectivity index (χ0n) is 19.6. The molecule has 10 heteroatoms. The third-order valence-corrected chi connectivity index (χ3v) is 4.97. The highest BCUT2D eigenvalue weighted by Gasteiger charge is 2.36. The van der Waals surface area contributed by atoms with Gasteiger partial charge in [0.15, 0.2) is 5.79 Å². The molecule has 0 aromatic heterocycles. The number of nitrogens with zero attached hydrogens (tertiary/aromatic N) is 1. The summed E-state index contributed by atoms with van der Waals surface area (Å²) in [5.41, 5.74) is 0. The molecule has 1 aliphatic rings. The van der Waals surface area contributed by atoms with Crippen molar-refractivity contribution in [1.82, 2.24) is 4.90 Å². The lowest BCUT2D eigenvalue weighted by Gasteiger charge is -2.41. The minimum Gasteiger partial charge on any atom is -0.463 e. The summed E-state index contributed by atoms with van der Waals surface area (Å²) in [5, 5.41) is 17.6. The molecule has 10 nitrogen and oxygen atoms in total. The van der Waals surface area contributed by atoms with Crippen molar-refractivity contribution in [3.05, 3.63) is 0 Å². The zero-order chi connectivity index (χ0) is 23.3. The third kappa shape index (κ3) is 14.3. The molecule has 1 saturated heterocycles. The van der Waals surface area contributed by atoms with Gasteiger partial charge in [-0.3, -0.25) is 4.79 Å². The number of rotatable bonds is 21. The molecule has 0 unspecified atom stereocenters. The first-order valence-electron chi connectivity index (χ1n) is 11.8. The molecule has 1 fully saturated rings. The molecular weight excluding hydrogens is 422 g/mol. The molecule has 0 bridgehead atoms. The Morgan fingerprint density at radius 2 is 1.38 bits per heavy atom. The van der Waals surface area contributed by atoms with E-state index in [4.69, 9.17) is 38.6 Å². The number of aliphatic hydroxyl groups is 2. The molecule has 1 heterocycles. The summed E-state index contributed by atoms with van der Waals surface area (Å²) in [4.78, 5) is 14.1. The van der Waals surface area contributed by atoms with Gasteiger partial charge in [0.05, 0.1) is 59.5 Å². The fraction of sp³-hybridized carbons (Fsp3) is 0.955. The van der Waals surface area contributed by atoms with Gasteiger partial charge in [0.25, 0.3) is 0 Å². The summed E-state index contributed by atoms with van der Waals surface area (Å²) >= 11 is 0. The van der Waals surface area contributed by atoms with E-state index in [1.165, 1.54) is 0 Å². The van der Waals surface area contributed by atoms with Gasteiger partial charge in [-0.25, -0.2) is 0 Å². The van der Waals surface area contributed by atoms with Crippen LogP contribution in [0.3, 0.4) is 0 Å². The van der Waals surface area contributed by atoms with Crippen molar-refractivity contribution in [2.75, 3.05) is 92.3 Å². The first kappa shape index (κ1) is 29.2. The smallest absolute Gasteiger partial charge is 0.305 e. The topological polar surface area (TPSA) is 116 Å². The number of carbonyl (C=O) groups excluding carboxylic acids is 1. The van der Waals surface area contributed by atoms with Crippen LogP contribution in [-0.4, -0.2) is 119 Å². The molecule has 0 radical (unpaired) electrons. The summed E-state index contributed by atoms with van der Waals surface area (Å²) in [6.45, 7) is 7.98. The molecule has 0 atom stereocenters. The Morgan fingerprint density at radius 3 is 1.94 bits per heavy atom. The SMILES string of the molecule is CCCOCCOC(=O)CCCN1CCC(OCCOCCO)(OCCOCCO)CC1. The number of likely N-dealkylation sites (tertiary alicyclic amines) is 1. The Balaban J connectivity index is 2.27. The number of hydrogen-bond acceptors (Lipinski definition) is 10. The van der Waals surface area contributed by atoms with Crippen LogP contribution in [0.25, 0.3) is 0 Å². The van der Waals surface area contributed by atoms with Crippen molar-refractivity contribution < 1.29 is 43.4 Å². The van der Waals surface area contributed by atoms with Crippen LogP contribution >= 0.6 is 0 Å². The number of hydrogen-bond donors (Lipinski definition) is 2. The second-order valence-electron chi connectivity index (χ2n) is 7.56. The van der Waals surface area contributed by atoms with Crippen molar-refractivity contribution >= 4 is 5.97 Å². The molecule has 1 rings (SSSR count). The van der Waals surface area contributed by atoms with Crippen LogP contribution in [0.1, 0.15) is 39.0 Å². The van der Waals surface area contributed by atoms with Gasteiger partial charge >= 0.3 is 5.97 Å². The molecular formula is C22H43NO9. The lowest BCUT2D eigenvalue weighted by Crippen LogP contribution is -2.49. The normalized spacial score (nSPS) is 16.3. The van der Waals surface area contributed by atoms with Crippen LogP contribution in [0, 0.1) is 0 Å². The summed E-state index contributed by atoms with van der Waals surface area (Å²) < 4.78 is 33.1. The van der Waals surface area contributed by atoms with Gasteiger partial charge in [-0.1, -0.05) is 6.92 Å². The molecule has 0 aliphatic carbocycles. The van der Waals surface area contributed by atoms with Crippen LogP contribution in [0.2, 0.25) is 0 Å². The number of piperidine rings is 1. The van der Waals surface area contributed by atoms with Gasteiger partial charge in [-0.15, -0.1) is 0 Å². The monoisotopic (exact) mass is 465 g/mol. The van der Waals surface area contributed by atoms with Crippen molar-refractivity contribution in [2.45, 2.75) is 44.8 Å². The van der Waals surface area contributed by atoms with Crippen molar-refractivity contribution in [3.8, 4) is 0 Å². The minimum atomic E-state index is -0.695. The second-order valence-corrected chi connectivity index (χ2v) is 7.56. The van der Waals surface area contributed by atoms with E-state index in [0.29, 0.717) is 65.5 Å². The van der Waals surface area contributed by atoms with Gasteiger partial charge in [-0.05, 0) is 19.4 Å². The Morgan fingerprint density at radius 1 is 0.812 bits per heavy atom. The van der Waals surface area contributed by atoms with Gasteiger partial charge in [0.1, 0.15) is 6.61 Å². The molecule has 0 aromatic rings. The average molecular weight is 466 g/mol. The molecule has 0 amide bonds. The minimum absolute atomic E-state index is 0.0149. The van der Waals surface area contributed by atoms with E-state index < -0.39 is 5.79 Å². The third-order valence-electron chi connectivity index (χ3n) is 4.97. The van der Waals surface area contributed by atoms with E-state index in [9.17, 15) is 4.79 Å². The van der Waals surface area contributed by atoms with Gasteiger partial charge in [-0.2, -0.15) is 0 Å². The highest BCUT2D eigenvalue weighted by Crippen LogP contribution is 2.28. The average Bonchev–Trinajstić information content (AvgIpc) is 2.80. The highest BCUT2D eigenvalue weighted by molar-refractivity contribution is 5.69. The van der Waals surface area contributed by atoms with Crippen LogP contribution in [0.5, 0.6) is 0 Å². The molecule has 190 valence electrons. The summed E-state index contributed by atoms with van der Waals surface area (Å²) in [5.74, 6) is -0.882. The van der Waals surface area contributed by atoms with Crippen LogP contribution in [-0.2, 0) is 33.2 Å². The first-order chi connectivity index (χ1) is 15.7. The van der Waals surface area contributed by atoms with Crippen molar-refractivity contribution in [1.29, 1.82) is 0 Å². The van der Waals surface area contributed by atoms with E-state index in [1.807, 2.05) is 6.92 Å². The fourth-order valence-electron chi connectivity index (χ4n) is 3.33. The maximum absolute atomic E-state index is 11.8. The van der Waals surface area contributed by atoms with Crippen LogP contribution < -0.4 is 0 Å². The Kier molecular flexibility index (Phi) is 17.9. The second kappa shape index (κ2) is 19.6. The quantitative estimate of drug-likeness (QED) is 0.142. The van der Waals surface area contributed by atoms with Gasteiger partial charge in [0.2, 0.25) is 0 Å². The molecule has 0 saturated carbocycles. The zero-order valence-corrected chi connectivity index (χ0v) is 19.6. The summed E-state index contributed by atoms with van der Waals surface area (Å²) in [7, 11) is 0. The maximum atomic E-state index is 11.8. The molecule has 32 heavy (non-hydrogen) atoms. The van der Waals surface area contributed by atoms with E-state index in [-0.39, 0.29) is 32.4 Å². The number of carbonyl (C=O) groups is 1. The Bertz CT molecular complexity index is 429. The number of aliphatic hydroxyl groups excluding tert-OH is 2. The van der Waals surface area contributed by atoms with Crippen molar-refractivity contribution in [3.63, 3.8) is 0 Å². The lowest BCUT2D eigenvalue weighted by molar-refractivity contribution is -0.264. The molecule has 0 spiro atoms. The van der Waals surface area contributed by atoms with Crippen LogP contribution in [0.4, 0.5) is 0 Å². The molecule has 1 aliphatic heterocycles. The predicted molar refractivity (Wildman–Crippen MR) is 117 cm³/mol. The Hall–Kier alpha value is -0.850. The van der Waals surface area contributed by atoms with Crippen LogP contribution in [0.15, 0.2) is 0 Å². The predicted octanol–water partition coefficient (Wildman–Crippen LogP) is 0.580. The lowest BCUT2D eigenvalue weighted by atomic mass is 10.0. The number of esters is 1. The number of ether oxygens (including phenoxy) is 6. The highest BCUT2D eigenvalue weighted by atomic mass is 16.7.